The first kappa shape index (κ1) is 9.06. The van der Waals surface area contributed by atoms with Crippen LogP contribution in [0.25, 0.3) is 0 Å². The Morgan fingerprint density at radius 3 is 2.00 bits per heavy atom. The lowest BCUT2D eigenvalue weighted by atomic mass is 10.0. The molecule has 54 valence electrons. The van der Waals surface area contributed by atoms with Crippen LogP contribution >= 0.6 is 8.03 Å². The van der Waals surface area contributed by atoms with E-state index in [-0.39, 0.29) is 0 Å². The fourth-order valence-corrected chi connectivity index (χ4v) is 1.37. The number of rotatable bonds is 3. The van der Waals surface area contributed by atoms with Crippen molar-refractivity contribution in [2.24, 2.45) is 11.8 Å². The van der Waals surface area contributed by atoms with Crippen molar-refractivity contribution in [3.05, 3.63) is 0 Å². The third-order valence-electron chi connectivity index (χ3n) is 1.58. The highest BCUT2D eigenvalue weighted by Crippen LogP contribution is 2.22. The Morgan fingerprint density at radius 2 is 1.89 bits per heavy atom. The Labute approximate surface area is 57.1 Å². The van der Waals surface area contributed by atoms with Gasteiger partial charge < -0.3 is 0 Å². The molecule has 2 nitrogen and oxygen atoms in total. The Hall–Kier alpha value is 0.0600. The van der Waals surface area contributed by atoms with Gasteiger partial charge in [-0.05, 0) is 10.5 Å². The van der Waals surface area contributed by atoms with E-state index in [0.717, 1.165) is 0 Å². The van der Waals surface area contributed by atoms with Gasteiger partial charge >= 0.3 is 8.03 Å². The standard InChI is InChI=1S/C6H13O2P/c1-5(2)6(3)4-9(7)8/h5-6H,4H2,1-3H3/p+1. The van der Waals surface area contributed by atoms with E-state index < -0.39 is 8.03 Å². The molecule has 0 aliphatic rings. The summed E-state index contributed by atoms with van der Waals surface area (Å²) in [5.41, 5.74) is 0. The Balaban J connectivity index is 3.50. The van der Waals surface area contributed by atoms with Crippen LogP contribution < -0.4 is 0 Å². The second-order valence-corrected chi connectivity index (χ2v) is 3.83. The van der Waals surface area contributed by atoms with E-state index in [1.54, 1.807) is 0 Å². The lowest BCUT2D eigenvalue weighted by Crippen LogP contribution is -2.05. The smallest absolute Gasteiger partial charge is 0.161 e. The quantitative estimate of drug-likeness (QED) is 0.623. The molecule has 0 saturated heterocycles. The summed E-state index contributed by atoms with van der Waals surface area (Å²) in [6.07, 6.45) is 0.438. The van der Waals surface area contributed by atoms with Gasteiger partial charge in [-0.3, -0.25) is 0 Å². The highest BCUT2D eigenvalue weighted by atomic mass is 31.1. The molecule has 0 aromatic heterocycles. The van der Waals surface area contributed by atoms with Crippen LogP contribution in [0.2, 0.25) is 0 Å². The molecule has 0 spiro atoms. The summed E-state index contributed by atoms with van der Waals surface area (Å²) in [5.74, 6) is 0.870. The minimum absolute atomic E-state index is 0.360. The summed E-state index contributed by atoms with van der Waals surface area (Å²) < 4.78 is 10.3. The summed E-state index contributed by atoms with van der Waals surface area (Å²) in [4.78, 5) is 8.48. The lowest BCUT2D eigenvalue weighted by molar-refractivity contribution is 0.433. The largest absolute Gasteiger partial charge is 0.505 e. The normalized spacial score (nSPS) is 15.9. The molecule has 9 heavy (non-hydrogen) atoms. The van der Waals surface area contributed by atoms with Crippen molar-refractivity contribution in [3.8, 4) is 0 Å². The molecule has 3 heteroatoms. The Bertz CT molecular complexity index is 101. The first-order valence-electron chi connectivity index (χ1n) is 3.17. The molecule has 2 unspecified atom stereocenters. The fraction of sp³-hybridized carbons (Fsp3) is 1.00. The van der Waals surface area contributed by atoms with Gasteiger partial charge in [0.1, 0.15) is 0 Å². The average Bonchev–Trinajstić information content (AvgIpc) is 1.63. The zero-order chi connectivity index (χ0) is 7.44. The van der Waals surface area contributed by atoms with Crippen LogP contribution in [-0.4, -0.2) is 11.1 Å². The van der Waals surface area contributed by atoms with Crippen molar-refractivity contribution in [2.45, 2.75) is 20.8 Å². The van der Waals surface area contributed by atoms with Crippen molar-refractivity contribution in [1.29, 1.82) is 0 Å². The molecule has 0 aromatic carbocycles. The zero-order valence-electron chi connectivity index (χ0n) is 6.16. The second kappa shape index (κ2) is 3.97. The van der Waals surface area contributed by atoms with Crippen molar-refractivity contribution in [3.63, 3.8) is 0 Å². The van der Waals surface area contributed by atoms with Crippen molar-refractivity contribution >= 4 is 8.03 Å². The predicted octanol–water partition coefficient (Wildman–Crippen LogP) is 2.01. The lowest BCUT2D eigenvalue weighted by Gasteiger charge is -2.06. The molecular formula is C6H14O2P+. The molecule has 0 aromatic rings. The summed E-state index contributed by atoms with van der Waals surface area (Å²) >= 11 is 0. The molecule has 0 aliphatic carbocycles. The molecule has 0 rings (SSSR count). The fourth-order valence-electron chi connectivity index (χ4n) is 0.457. The van der Waals surface area contributed by atoms with Crippen LogP contribution in [0, 0.1) is 11.8 Å². The number of hydrogen-bond donors (Lipinski definition) is 1. The van der Waals surface area contributed by atoms with E-state index >= 15 is 0 Å². The van der Waals surface area contributed by atoms with E-state index in [4.69, 9.17) is 4.89 Å². The number of hydrogen-bond acceptors (Lipinski definition) is 1. The highest BCUT2D eigenvalue weighted by Gasteiger charge is 2.19. The molecule has 0 saturated carbocycles. The summed E-state index contributed by atoms with van der Waals surface area (Å²) in [5, 5.41) is 0. The van der Waals surface area contributed by atoms with Crippen molar-refractivity contribution in [2.75, 3.05) is 6.16 Å². The molecule has 0 heterocycles. The topological polar surface area (TPSA) is 37.3 Å². The van der Waals surface area contributed by atoms with Gasteiger partial charge in [0, 0.05) is 5.92 Å². The minimum Gasteiger partial charge on any atom is -0.161 e. The van der Waals surface area contributed by atoms with Gasteiger partial charge in [0.2, 0.25) is 0 Å². The van der Waals surface area contributed by atoms with Gasteiger partial charge in [-0.25, -0.2) is 0 Å². The van der Waals surface area contributed by atoms with E-state index in [1.807, 2.05) is 6.92 Å². The van der Waals surface area contributed by atoms with E-state index in [9.17, 15) is 4.57 Å². The van der Waals surface area contributed by atoms with E-state index in [1.165, 1.54) is 0 Å². The third kappa shape index (κ3) is 4.56. The van der Waals surface area contributed by atoms with Gasteiger partial charge in [-0.2, -0.15) is 4.89 Å². The van der Waals surface area contributed by atoms with Crippen LogP contribution in [0.1, 0.15) is 20.8 Å². The molecule has 0 radical (unpaired) electrons. The maximum atomic E-state index is 10.3. The van der Waals surface area contributed by atoms with Crippen LogP contribution in [0.3, 0.4) is 0 Å². The first-order chi connectivity index (χ1) is 4.04. The predicted molar refractivity (Wildman–Crippen MR) is 38.7 cm³/mol. The molecule has 0 amide bonds. The van der Waals surface area contributed by atoms with Gasteiger partial charge in [0.05, 0.1) is 0 Å². The molecule has 0 bridgehead atoms. The maximum Gasteiger partial charge on any atom is 0.505 e. The highest BCUT2D eigenvalue weighted by molar-refractivity contribution is 7.38. The van der Waals surface area contributed by atoms with Crippen LogP contribution in [-0.2, 0) is 4.57 Å². The molecule has 0 aliphatic heterocycles. The monoisotopic (exact) mass is 149 g/mol. The van der Waals surface area contributed by atoms with Crippen LogP contribution in [0.5, 0.6) is 0 Å². The van der Waals surface area contributed by atoms with Crippen molar-refractivity contribution in [1.82, 2.24) is 0 Å². The van der Waals surface area contributed by atoms with Gasteiger partial charge in [0.25, 0.3) is 0 Å². The molecule has 2 atom stereocenters. The van der Waals surface area contributed by atoms with Gasteiger partial charge in [-0.1, -0.05) is 20.8 Å². The van der Waals surface area contributed by atoms with Crippen LogP contribution in [0.4, 0.5) is 0 Å². The van der Waals surface area contributed by atoms with Crippen LogP contribution in [0.15, 0.2) is 0 Å². The SMILES string of the molecule is CC(C)C(C)C[P+](=O)O. The van der Waals surface area contributed by atoms with Crippen molar-refractivity contribution < 1.29 is 9.46 Å². The second-order valence-electron chi connectivity index (χ2n) is 2.76. The molecule has 0 fully saturated rings. The average molecular weight is 149 g/mol. The van der Waals surface area contributed by atoms with Gasteiger partial charge in [0.15, 0.2) is 6.16 Å². The van der Waals surface area contributed by atoms with Gasteiger partial charge in [-0.15, -0.1) is 0 Å². The summed E-state index contributed by atoms with van der Waals surface area (Å²) in [6.45, 7) is 6.11. The van der Waals surface area contributed by atoms with E-state index in [0.29, 0.717) is 18.0 Å². The Morgan fingerprint density at radius 1 is 1.44 bits per heavy atom. The third-order valence-corrected chi connectivity index (χ3v) is 2.47. The summed E-state index contributed by atoms with van der Waals surface area (Å²) in [7, 11) is -1.92. The molecule has 1 N–H and O–H groups in total. The van der Waals surface area contributed by atoms with E-state index in [2.05, 4.69) is 13.8 Å². The maximum absolute atomic E-state index is 10.3. The first-order valence-corrected chi connectivity index (χ1v) is 4.57. The Kier molecular flexibility index (Phi) is 4.00. The summed E-state index contributed by atoms with van der Waals surface area (Å²) in [6, 6.07) is 0. The molecular weight excluding hydrogens is 135 g/mol. The zero-order valence-corrected chi connectivity index (χ0v) is 7.06. The minimum atomic E-state index is -1.92.